The standard InChI is InChI=1S/C17H19N3O6S2/c1-4-25-16(23)12-8(2)11-14(22)18-13(19-15(11)28-12)9(3)26-10(21)7-20-5-6-27-17(20)24/h9H,4-7H2,1-3H3,(H,18,19,22)/t9-/m0/s1. The molecule has 2 aromatic rings. The summed E-state index contributed by atoms with van der Waals surface area (Å²) in [5, 5.41) is 0.160. The average Bonchev–Trinajstić information content (AvgIpc) is 3.18. The summed E-state index contributed by atoms with van der Waals surface area (Å²) in [7, 11) is 0. The monoisotopic (exact) mass is 425 g/mol. The maximum absolute atomic E-state index is 12.5. The summed E-state index contributed by atoms with van der Waals surface area (Å²) in [5.74, 6) is -0.268. The predicted octanol–water partition coefficient (Wildman–Crippen LogP) is 2.24. The first-order chi connectivity index (χ1) is 13.3. The summed E-state index contributed by atoms with van der Waals surface area (Å²) < 4.78 is 10.3. The van der Waals surface area contributed by atoms with Crippen LogP contribution in [0.15, 0.2) is 4.79 Å². The highest BCUT2D eigenvalue weighted by Crippen LogP contribution is 2.28. The maximum atomic E-state index is 12.5. The Morgan fingerprint density at radius 2 is 2.11 bits per heavy atom. The molecule has 2 aromatic heterocycles. The average molecular weight is 425 g/mol. The van der Waals surface area contributed by atoms with Crippen LogP contribution in [0.3, 0.4) is 0 Å². The lowest BCUT2D eigenvalue weighted by Gasteiger charge is -2.16. The summed E-state index contributed by atoms with van der Waals surface area (Å²) in [6.07, 6.45) is -0.816. The summed E-state index contributed by atoms with van der Waals surface area (Å²) in [5.41, 5.74) is 0.0896. The van der Waals surface area contributed by atoms with Crippen molar-refractivity contribution in [3.8, 4) is 0 Å². The van der Waals surface area contributed by atoms with Crippen molar-refractivity contribution >= 4 is 50.5 Å². The third-order valence-electron chi connectivity index (χ3n) is 4.14. The molecule has 0 radical (unpaired) electrons. The summed E-state index contributed by atoms with van der Waals surface area (Å²) in [6, 6.07) is 0. The van der Waals surface area contributed by atoms with Crippen molar-refractivity contribution < 1.29 is 23.9 Å². The van der Waals surface area contributed by atoms with Gasteiger partial charge in [0.05, 0.1) is 12.0 Å². The number of ether oxygens (including phenoxy) is 2. The van der Waals surface area contributed by atoms with Crippen LogP contribution in [0.4, 0.5) is 4.79 Å². The maximum Gasteiger partial charge on any atom is 0.348 e. The largest absolute Gasteiger partial charge is 0.462 e. The summed E-state index contributed by atoms with van der Waals surface area (Å²) in [6.45, 7) is 5.53. The van der Waals surface area contributed by atoms with Gasteiger partial charge in [-0.3, -0.25) is 14.4 Å². The van der Waals surface area contributed by atoms with Crippen LogP contribution >= 0.6 is 23.1 Å². The fourth-order valence-electron chi connectivity index (χ4n) is 2.76. The van der Waals surface area contributed by atoms with Crippen molar-refractivity contribution in [1.82, 2.24) is 14.9 Å². The number of H-pyrrole nitrogens is 1. The third-order valence-corrected chi connectivity index (χ3v) is 6.20. The summed E-state index contributed by atoms with van der Waals surface area (Å²) in [4.78, 5) is 57.3. The van der Waals surface area contributed by atoms with E-state index in [-0.39, 0.29) is 24.2 Å². The number of thioether (sulfide) groups is 1. The second-order valence-electron chi connectivity index (χ2n) is 6.08. The molecule has 3 heterocycles. The van der Waals surface area contributed by atoms with Gasteiger partial charge in [0.15, 0.2) is 11.9 Å². The van der Waals surface area contributed by atoms with Gasteiger partial charge in [0.1, 0.15) is 16.3 Å². The van der Waals surface area contributed by atoms with Gasteiger partial charge in [0, 0.05) is 12.3 Å². The van der Waals surface area contributed by atoms with Gasteiger partial charge in [-0.25, -0.2) is 9.78 Å². The van der Waals surface area contributed by atoms with Gasteiger partial charge in [0.2, 0.25) is 0 Å². The Hall–Kier alpha value is -2.40. The van der Waals surface area contributed by atoms with E-state index in [1.54, 1.807) is 20.8 Å². The zero-order valence-electron chi connectivity index (χ0n) is 15.6. The molecule has 1 atom stereocenters. The topological polar surface area (TPSA) is 119 Å². The van der Waals surface area contributed by atoms with Gasteiger partial charge < -0.3 is 19.4 Å². The summed E-state index contributed by atoms with van der Waals surface area (Å²) >= 11 is 2.22. The van der Waals surface area contributed by atoms with Gasteiger partial charge >= 0.3 is 11.9 Å². The highest BCUT2D eigenvalue weighted by molar-refractivity contribution is 8.13. The Bertz CT molecular complexity index is 999. The molecule has 1 saturated heterocycles. The number of hydrogen-bond donors (Lipinski definition) is 1. The van der Waals surface area contributed by atoms with Crippen LogP contribution in [-0.4, -0.2) is 57.5 Å². The van der Waals surface area contributed by atoms with Gasteiger partial charge in [0.25, 0.3) is 10.8 Å². The van der Waals surface area contributed by atoms with Crippen molar-refractivity contribution in [2.75, 3.05) is 25.4 Å². The van der Waals surface area contributed by atoms with E-state index < -0.39 is 23.6 Å². The van der Waals surface area contributed by atoms with Gasteiger partial charge in [-0.1, -0.05) is 11.8 Å². The molecule has 0 spiro atoms. The molecule has 0 saturated carbocycles. The quantitative estimate of drug-likeness (QED) is 0.700. The molecule has 1 N–H and O–H groups in total. The Morgan fingerprint density at radius 1 is 1.36 bits per heavy atom. The van der Waals surface area contributed by atoms with Gasteiger partial charge in [-0.2, -0.15) is 0 Å². The molecule has 3 rings (SSSR count). The Morgan fingerprint density at radius 3 is 2.75 bits per heavy atom. The fraction of sp³-hybridized carbons (Fsp3) is 0.471. The van der Waals surface area contributed by atoms with E-state index in [1.165, 1.54) is 4.90 Å². The molecule has 28 heavy (non-hydrogen) atoms. The van der Waals surface area contributed by atoms with Crippen LogP contribution in [0.1, 0.15) is 41.0 Å². The van der Waals surface area contributed by atoms with E-state index in [4.69, 9.17) is 9.47 Å². The minimum atomic E-state index is -0.816. The van der Waals surface area contributed by atoms with Gasteiger partial charge in [-0.15, -0.1) is 11.3 Å². The van der Waals surface area contributed by atoms with Crippen LogP contribution in [-0.2, 0) is 14.3 Å². The van der Waals surface area contributed by atoms with Crippen molar-refractivity contribution in [3.05, 3.63) is 26.6 Å². The molecular formula is C17H19N3O6S2. The molecule has 1 aliphatic rings. The van der Waals surface area contributed by atoms with E-state index in [9.17, 15) is 19.2 Å². The number of carbonyl (C=O) groups excluding carboxylic acids is 3. The zero-order chi connectivity index (χ0) is 20.4. The SMILES string of the molecule is CCOC(=O)c1sc2nc([C@H](C)OC(=O)CN3CCSC3=O)[nH]c(=O)c2c1C. The molecule has 1 aliphatic heterocycles. The molecule has 0 aromatic carbocycles. The smallest absolute Gasteiger partial charge is 0.348 e. The number of aromatic amines is 1. The normalized spacial score (nSPS) is 15.1. The predicted molar refractivity (Wildman–Crippen MR) is 105 cm³/mol. The van der Waals surface area contributed by atoms with E-state index in [1.807, 2.05) is 0 Å². The lowest BCUT2D eigenvalue weighted by Crippen LogP contribution is -2.31. The van der Waals surface area contributed by atoms with Crippen LogP contribution in [0.5, 0.6) is 0 Å². The second kappa shape index (κ2) is 8.31. The molecular weight excluding hydrogens is 406 g/mol. The number of aryl methyl sites for hydroxylation is 1. The third kappa shape index (κ3) is 4.04. The first kappa shape index (κ1) is 20.3. The van der Waals surface area contributed by atoms with Gasteiger partial charge in [-0.05, 0) is 26.3 Å². The van der Waals surface area contributed by atoms with Crippen LogP contribution in [0.2, 0.25) is 0 Å². The van der Waals surface area contributed by atoms with E-state index in [2.05, 4.69) is 9.97 Å². The highest BCUT2D eigenvalue weighted by Gasteiger charge is 2.26. The number of amides is 1. The number of nitrogens with one attached hydrogen (secondary N) is 1. The van der Waals surface area contributed by atoms with Crippen molar-refractivity contribution in [2.45, 2.75) is 26.9 Å². The minimum absolute atomic E-state index is 0.145. The number of rotatable bonds is 6. The molecule has 0 aliphatic carbocycles. The number of thiophene rings is 1. The van der Waals surface area contributed by atoms with Crippen LogP contribution < -0.4 is 5.56 Å². The zero-order valence-corrected chi connectivity index (χ0v) is 17.2. The Labute approximate surface area is 168 Å². The molecule has 1 fully saturated rings. The van der Waals surface area contributed by atoms with E-state index in [0.29, 0.717) is 33.0 Å². The fourth-order valence-corrected chi connectivity index (χ4v) is 4.67. The first-order valence-electron chi connectivity index (χ1n) is 8.63. The lowest BCUT2D eigenvalue weighted by molar-refractivity contribution is -0.149. The number of hydrogen-bond acceptors (Lipinski definition) is 9. The number of carbonyl (C=O) groups is 3. The van der Waals surface area contributed by atoms with Crippen LogP contribution in [0, 0.1) is 6.92 Å². The molecule has 0 bridgehead atoms. The number of esters is 2. The Kier molecular flexibility index (Phi) is 6.04. The highest BCUT2D eigenvalue weighted by atomic mass is 32.2. The molecule has 11 heteroatoms. The van der Waals surface area contributed by atoms with Crippen molar-refractivity contribution in [1.29, 1.82) is 0 Å². The Balaban J connectivity index is 1.80. The molecule has 9 nitrogen and oxygen atoms in total. The molecule has 0 unspecified atom stereocenters. The number of aromatic nitrogens is 2. The number of nitrogens with zero attached hydrogens (tertiary/aromatic N) is 2. The first-order valence-corrected chi connectivity index (χ1v) is 10.4. The van der Waals surface area contributed by atoms with Crippen LogP contribution in [0.25, 0.3) is 10.2 Å². The van der Waals surface area contributed by atoms with E-state index in [0.717, 1.165) is 23.1 Å². The van der Waals surface area contributed by atoms with Crippen molar-refractivity contribution in [3.63, 3.8) is 0 Å². The number of fused-ring (bicyclic) bond motifs is 1. The minimum Gasteiger partial charge on any atom is -0.462 e. The molecule has 150 valence electrons. The van der Waals surface area contributed by atoms with E-state index >= 15 is 0 Å². The molecule has 1 amide bonds. The van der Waals surface area contributed by atoms with Crippen molar-refractivity contribution in [2.24, 2.45) is 0 Å². The second-order valence-corrected chi connectivity index (χ2v) is 8.12. The lowest BCUT2D eigenvalue weighted by atomic mass is 10.2.